The zero-order chi connectivity index (χ0) is 18.1. The molecule has 1 N–H and O–H groups in total. The zero-order valence-corrected chi connectivity index (χ0v) is 15.4. The Hall–Kier alpha value is -1.01. The number of rotatable bonds is 4. The molecule has 0 heterocycles. The van der Waals surface area contributed by atoms with Crippen LogP contribution < -0.4 is 10.0 Å². The van der Waals surface area contributed by atoms with Gasteiger partial charge in [-0.3, -0.25) is 4.72 Å². The van der Waals surface area contributed by atoms with Crippen molar-refractivity contribution in [2.24, 2.45) is 0 Å². The fourth-order valence-electron chi connectivity index (χ4n) is 1.91. The van der Waals surface area contributed by atoms with E-state index in [9.17, 15) is 21.6 Å². The van der Waals surface area contributed by atoms with Gasteiger partial charge in [-0.15, -0.1) is 0 Å². The first-order valence-electron chi connectivity index (χ1n) is 6.41. The van der Waals surface area contributed by atoms with Crippen molar-refractivity contribution in [3.8, 4) is 0 Å². The molecule has 0 radical (unpaired) electrons. The molecule has 0 bridgehead atoms. The van der Waals surface area contributed by atoms with Gasteiger partial charge in [0, 0.05) is 5.02 Å². The Bertz CT molecular complexity index is 873. The van der Waals surface area contributed by atoms with Crippen LogP contribution in [0.2, 0.25) is 10.0 Å². The molecule has 10 heteroatoms. The van der Waals surface area contributed by atoms with Gasteiger partial charge >= 0.3 is 6.18 Å². The molecule has 2 rings (SSSR count). The molecule has 0 aliphatic heterocycles. The van der Waals surface area contributed by atoms with Crippen LogP contribution in [0.5, 0.6) is 0 Å². The van der Waals surface area contributed by atoms with E-state index < -0.39 is 31.7 Å². The number of hydrogen-bond acceptors (Lipinski definition) is 2. The largest absolute Gasteiger partial charge is 0.417 e. The topological polar surface area (TPSA) is 46.2 Å². The lowest BCUT2D eigenvalue weighted by atomic mass is 10.2. The number of nitrogens with one attached hydrogen (secondary N) is 1. The van der Waals surface area contributed by atoms with Crippen LogP contribution in [-0.2, 0) is 16.2 Å². The predicted molar refractivity (Wildman–Crippen MR) is 92.6 cm³/mol. The van der Waals surface area contributed by atoms with Crippen molar-refractivity contribution >= 4 is 52.8 Å². The van der Waals surface area contributed by atoms with Gasteiger partial charge < -0.3 is 0 Å². The first kappa shape index (κ1) is 19.3. The Labute approximate surface area is 149 Å². The van der Waals surface area contributed by atoms with Crippen molar-refractivity contribution in [1.82, 2.24) is 0 Å². The van der Waals surface area contributed by atoms with E-state index in [2.05, 4.69) is 4.72 Å². The summed E-state index contributed by atoms with van der Waals surface area (Å²) in [5.41, 5.74) is -0.984. The first-order chi connectivity index (χ1) is 11.0. The number of anilines is 1. The molecule has 2 aromatic carbocycles. The summed E-state index contributed by atoms with van der Waals surface area (Å²) in [4.78, 5) is -0.537. The van der Waals surface area contributed by atoms with Crippen LogP contribution >= 0.6 is 31.8 Å². The maximum absolute atomic E-state index is 12.9. The third-order valence-corrected chi connectivity index (χ3v) is 5.95. The minimum absolute atomic E-state index is 0.229. The highest BCUT2D eigenvalue weighted by atomic mass is 35.5. The first-order valence-corrected chi connectivity index (χ1v) is 10.2. The van der Waals surface area contributed by atoms with Crippen LogP contribution in [0.15, 0.2) is 41.3 Å². The molecule has 3 nitrogen and oxygen atoms in total. The van der Waals surface area contributed by atoms with Crippen molar-refractivity contribution < 1.29 is 21.6 Å². The fourth-order valence-corrected chi connectivity index (χ4v) is 4.15. The van der Waals surface area contributed by atoms with Crippen molar-refractivity contribution in [3.05, 3.63) is 52.0 Å². The second kappa shape index (κ2) is 7.08. The van der Waals surface area contributed by atoms with Crippen LogP contribution in [-0.4, -0.2) is 15.1 Å². The third-order valence-electron chi connectivity index (χ3n) is 3.05. The van der Waals surface area contributed by atoms with Crippen LogP contribution in [0.4, 0.5) is 18.9 Å². The maximum Gasteiger partial charge on any atom is 0.417 e. The maximum atomic E-state index is 12.9. The Kier molecular flexibility index (Phi) is 5.70. The highest BCUT2D eigenvalue weighted by molar-refractivity contribution is 7.92. The summed E-state index contributed by atoms with van der Waals surface area (Å²) < 4.78 is 65.8. The molecule has 0 saturated heterocycles. The molecule has 1 atom stereocenters. The molecule has 0 saturated carbocycles. The molecular formula is C14H11Cl2F3NO2PS. The van der Waals surface area contributed by atoms with Crippen LogP contribution in [0.1, 0.15) is 5.56 Å². The molecule has 130 valence electrons. The third kappa shape index (κ3) is 4.33. The van der Waals surface area contributed by atoms with Gasteiger partial charge in [0.15, 0.2) is 0 Å². The lowest BCUT2D eigenvalue weighted by molar-refractivity contribution is -0.137. The standard InChI is InChI=1S/C14H11Cl2F3NO2PS/c1-23-13-5-2-8(15)6-12(13)20-24(21,22)9-3-4-11(16)10(7-9)14(17,18)19/h2-7,20,23H,1H3. The molecule has 0 fully saturated rings. The number of benzene rings is 2. The van der Waals surface area contributed by atoms with Crippen molar-refractivity contribution in [1.29, 1.82) is 0 Å². The van der Waals surface area contributed by atoms with E-state index >= 15 is 0 Å². The minimum atomic E-state index is -4.76. The molecule has 1 unspecified atom stereocenters. The van der Waals surface area contributed by atoms with E-state index in [-0.39, 0.29) is 14.3 Å². The lowest BCUT2D eigenvalue weighted by Crippen LogP contribution is -2.18. The number of halogens is 5. The van der Waals surface area contributed by atoms with Crippen LogP contribution in [0.3, 0.4) is 0 Å². The van der Waals surface area contributed by atoms with E-state index in [4.69, 9.17) is 23.2 Å². The zero-order valence-electron chi connectivity index (χ0n) is 12.1. The van der Waals surface area contributed by atoms with Gasteiger partial charge in [-0.05, 0) is 42.3 Å². The molecule has 0 aliphatic rings. The Morgan fingerprint density at radius 3 is 2.33 bits per heavy atom. The molecule has 0 spiro atoms. The summed E-state index contributed by atoms with van der Waals surface area (Å²) in [5, 5.41) is 0.426. The van der Waals surface area contributed by atoms with E-state index in [1.54, 1.807) is 12.1 Å². The van der Waals surface area contributed by atoms with Gasteiger partial charge in [0.25, 0.3) is 10.0 Å². The quantitative estimate of drug-likeness (QED) is 0.732. The Morgan fingerprint density at radius 2 is 1.75 bits per heavy atom. The van der Waals surface area contributed by atoms with E-state index in [0.29, 0.717) is 16.4 Å². The van der Waals surface area contributed by atoms with Gasteiger partial charge in [0.2, 0.25) is 0 Å². The van der Waals surface area contributed by atoms with Crippen LogP contribution in [0, 0.1) is 0 Å². The van der Waals surface area contributed by atoms with E-state index in [1.165, 1.54) is 6.07 Å². The predicted octanol–water partition coefficient (Wildman–Crippen LogP) is 4.75. The summed E-state index contributed by atoms with van der Waals surface area (Å²) in [7, 11) is -3.96. The fraction of sp³-hybridized carbons (Fsp3) is 0.143. The minimum Gasteiger partial charge on any atom is -0.279 e. The van der Waals surface area contributed by atoms with Gasteiger partial charge in [-0.25, -0.2) is 8.42 Å². The Morgan fingerprint density at radius 1 is 1.08 bits per heavy atom. The molecule has 0 aliphatic carbocycles. The van der Waals surface area contributed by atoms with Crippen LogP contribution in [0.25, 0.3) is 0 Å². The van der Waals surface area contributed by atoms with Gasteiger partial charge in [0.1, 0.15) is 0 Å². The summed E-state index contributed by atoms with van der Waals surface area (Å²) >= 11 is 11.4. The second-order valence-electron chi connectivity index (χ2n) is 4.68. The monoisotopic (exact) mass is 415 g/mol. The SMILES string of the molecule is CPc1ccc(Cl)cc1NS(=O)(=O)c1ccc(Cl)c(C(F)(F)F)c1. The van der Waals surface area contributed by atoms with Gasteiger partial charge in [-0.2, -0.15) is 13.2 Å². The lowest BCUT2D eigenvalue weighted by Gasteiger charge is -2.14. The highest BCUT2D eigenvalue weighted by Gasteiger charge is 2.34. The Balaban J connectivity index is 2.47. The van der Waals surface area contributed by atoms with E-state index in [1.807, 2.05) is 6.66 Å². The molecule has 24 heavy (non-hydrogen) atoms. The van der Waals surface area contributed by atoms with Crippen molar-refractivity contribution in [2.45, 2.75) is 11.1 Å². The highest BCUT2D eigenvalue weighted by Crippen LogP contribution is 2.36. The molecule has 0 aromatic heterocycles. The molecule has 0 amide bonds. The second-order valence-corrected chi connectivity index (χ2v) is 8.25. The molecule has 2 aromatic rings. The van der Waals surface area contributed by atoms with Crippen molar-refractivity contribution in [2.75, 3.05) is 11.4 Å². The normalized spacial score (nSPS) is 12.8. The number of hydrogen-bond donors (Lipinski definition) is 1. The van der Waals surface area contributed by atoms with E-state index in [0.717, 1.165) is 12.1 Å². The summed E-state index contributed by atoms with van der Waals surface area (Å²) in [6, 6.07) is 7.09. The van der Waals surface area contributed by atoms with Gasteiger partial charge in [0.05, 0.1) is 21.2 Å². The smallest absolute Gasteiger partial charge is 0.279 e. The average Bonchev–Trinajstić information content (AvgIpc) is 2.46. The summed E-state index contributed by atoms with van der Waals surface area (Å²) in [6.07, 6.45) is -4.76. The number of sulfonamides is 1. The van der Waals surface area contributed by atoms with Crippen molar-refractivity contribution in [3.63, 3.8) is 0 Å². The summed E-state index contributed by atoms with van der Waals surface area (Å²) in [6.45, 7) is 1.84. The average molecular weight is 416 g/mol. The summed E-state index contributed by atoms with van der Waals surface area (Å²) in [5.74, 6) is 0. The number of alkyl halides is 3. The van der Waals surface area contributed by atoms with Gasteiger partial charge in [-0.1, -0.05) is 37.8 Å². The molecular weight excluding hydrogens is 405 g/mol.